The lowest BCUT2D eigenvalue weighted by Crippen LogP contribution is -2.12. The largest absolute Gasteiger partial charge is 0.298 e. The van der Waals surface area contributed by atoms with Crippen LogP contribution in [-0.2, 0) is 12.8 Å². The summed E-state index contributed by atoms with van der Waals surface area (Å²) in [5.41, 5.74) is 1.48. The van der Waals surface area contributed by atoms with Gasteiger partial charge >= 0.3 is 0 Å². The Labute approximate surface area is 136 Å². The summed E-state index contributed by atoms with van der Waals surface area (Å²) in [6, 6.07) is 1.50. The third-order valence-electron chi connectivity index (χ3n) is 3.46. The minimum atomic E-state index is -0.278. The number of thiazole rings is 1. The van der Waals surface area contributed by atoms with Crippen LogP contribution >= 0.6 is 34.5 Å². The number of pyridine rings is 1. The molecule has 0 spiro atoms. The van der Waals surface area contributed by atoms with Crippen molar-refractivity contribution in [2.75, 3.05) is 5.32 Å². The zero-order valence-electron chi connectivity index (χ0n) is 11.3. The molecule has 0 aliphatic heterocycles. The summed E-state index contributed by atoms with van der Waals surface area (Å²) in [6.45, 7) is 2.24. The molecule has 2 aromatic rings. The molecule has 4 nitrogen and oxygen atoms in total. The average molecular weight is 342 g/mol. The monoisotopic (exact) mass is 341 g/mol. The molecule has 0 radical (unpaired) electrons. The summed E-state index contributed by atoms with van der Waals surface area (Å²) < 4.78 is 0. The Hall–Kier alpha value is -1.17. The maximum Gasteiger partial charge on any atom is 0.259 e. The molecule has 2 heterocycles. The first-order chi connectivity index (χ1) is 10.0. The predicted octanol–water partition coefficient (Wildman–Crippen LogP) is 4.22. The van der Waals surface area contributed by atoms with Gasteiger partial charge < -0.3 is 0 Å². The second kappa shape index (κ2) is 5.91. The van der Waals surface area contributed by atoms with Crippen LogP contribution in [0.25, 0.3) is 0 Å². The van der Waals surface area contributed by atoms with Crippen molar-refractivity contribution in [1.82, 2.24) is 9.97 Å². The lowest BCUT2D eigenvalue weighted by atomic mass is 9.93. The van der Waals surface area contributed by atoms with Gasteiger partial charge in [-0.1, -0.05) is 30.1 Å². The van der Waals surface area contributed by atoms with Crippen molar-refractivity contribution in [3.8, 4) is 0 Å². The minimum absolute atomic E-state index is 0.187. The number of hydrogen-bond acceptors (Lipinski definition) is 4. The first kappa shape index (κ1) is 14.8. The molecular formula is C14H13Cl2N3OS. The highest BCUT2D eigenvalue weighted by Gasteiger charge is 2.20. The van der Waals surface area contributed by atoms with E-state index in [0.29, 0.717) is 16.6 Å². The van der Waals surface area contributed by atoms with E-state index in [-0.39, 0.29) is 16.1 Å². The van der Waals surface area contributed by atoms with Crippen LogP contribution < -0.4 is 5.32 Å². The molecule has 0 bridgehead atoms. The number of nitrogens with one attached hydrogen (secondary N) is 1. The molecule has 0 aromatic carbocycles. The normalized spacial score (nSPS) is 17.4. The molecule has 1 atom stereocenters. The number of anilines is 1. The first-order valence-corrected chi connectivity index (χ1v) is 8.21. The molecule has 7 heteroatoms. The van der Waals surface area contributed by atoms with Gasteiger partial charge in [0, 0.05) is 11.1 Å². The Balaban J connectivity index is 1.77. The molecule has 110 valence electrons. The summed E-state index contributed by atoms with van der Waals surface area (Å²) in [5.74, 6) is 0.404. The molecular weight excluding hydrogens is 329 g/mol. The Kier molecular flexibility index (Phi) is 4.15. The maximum atomic E-state index is 12.2. The van der Waals surface area contributed by atoms with E-state index in [1.807, 2.05) is 0 Å². The van der Waals surface area contributed by atoms with Gasteiger partial charge in [-0.25, -0.2) is 9.97 Å². The number of aryl methyl sites for hydroxylation is 1. The van der Waals surface area contributed by atoms with Crippen LogP contribution in [0, 0.1) is 5.92 Å². The molecule has 0 saturated carbocycles. The second-order valence-electron chi connectivity index (χ2n) is 5.19. The second-order valence-corrected chi connectivity index (χ2v) is 7.04. The van der Waals surface area contributed by atoms with E-state index in [4.69, 9.17) is 23.2 Å². The van der Waals surface area contributed by atoms with Gasteiger partial charge in [0.1, 0.15) is 5.15 Å². The summed E-state index contributed by atoms with van der Waals surface area (Å²) in [6.07, 6.45) is 4.58. The third kappa shape index (κ3) is 3.20. The van der Waals surface area contributed by atoms with Crippen LogP contribution in [0.3, 0.4) is 0 Å². The zero-order valence-corrected chi connectivity index (χ0v) is 13.6. The average Bonchev–Trinajstić information content (AvgIpc) is 2.83. The number of carbonyl (C=O) groups excluding carboxylic acids is 1. The number of carbonyl (C=O) groups is 1. The van der Waals surface area contributed by atoms with Gasteiger partial charge in [-0.2, -0.15) is 0 Å². The number of aromatic nitrogens is 2. The Bertz CT molecular complexity index is 702. The molecule has 21 heavy (non-hydrogen) atoms. The van der Waals surface area contributed by atoms with E-state index in [1.54, 1.807) is 11.3 Å². The molecule has 1 aliphatic carbocycles. The Morgan fingerprint density at radius 3 is 3.05 bits per heavy atom. The van der Waals surface area contributed by atoms with Gasteiger partial charge in [0.2, 0.25) is 0 Å². The number of halogens is 2. The smallest absolute Gasteiger partial charge is 0.259 e. The fourth-order valence-electron chi connectivity index (χ4n) is 2.31. The Morgan fingerprint density at radius 2 is 2.29 bits per heavy atom. The fourth-order valence-corrected chi connectivity index (χ4v) is 3.74. The van der Waals surface area contributed by atoms with Crippen molar-refractivity contribution < 1.29 is 4.79 Å². The molecule has 0 saturated heterocycles. The van der Waals surface area contributed by atoms with E-state index in [9.17, 15) is 4.79 Å². The summed E-state index contributed by atoms with van der Waals surface area (Å²) in [5, 5.41) is 3.88. The van der Waals surface area contributed by atoms with Crippen molar-refractivity contribution in [2.24, 2.45) is 5.92 Å². The number of nitrogens with zero attached hydrogens (tertiary/aromatic N) is 2. The highest BCUT2D eigenvalue weighted by atomic mass is 35.5. The zero-order chi connectivity index (χ0) is 15.0. The fraction of sp³-hybridized carbons (Fsp3) is 0.357. The Morgan fingerprint density at radius 1 is 1.48 bits per heavy atom. The highest BCUT2D eigenvalue weighted by molar-refractivity contribution is 7.15. The molecule has 1 amide bonds. The van der Waals surface area contributed by atoms with Gasteiger partial charge in [0.05, 0.1) is 16.3 Å². The first-order valence-electron chi connectivity index (χ1n) is 6.64. The van der Waals surface area contributed by atoms with E-state index < -0.39 is 0 Å². The molecule has 0 unspecified atom stereocenters. The van der Waals surface area contributed by atoms with Gasteiger partial charge in [-0.15, -0.1) is 11.3 Å². The highest BCUT2D eigenvalue weighted by Crippen LogP contribution is 2.32. The third-order valence-corrected chi connectivity index (χ3v) is 5.19. The maximum absolute atomic E-state index is 12.2. The van der Waals surface area contributed by atoms with Gasteiger partial charge in [0.15, 0.2) is 5.13 Å². The summed E-state index contributed by atoms with van der Waals surface area (Å²) in [7, 11) is 0. The van der Waals surface area contributed by atoms with Gasteiger partial charge in [-0.05, 0) is 31.2 Å². The number of fused-ring (bicyclic) bond motifs is 1. The van der Waals surface area contributed by atoms with Crippen molar-refractivity contribution >= 4 is 45.6 Å². The van der Waals surface area contributed by atoms with Crippen LogP contribution in [0.15, 0.2) is 12.3 Å². The van der Waals surface area contributed by atoms with Crippen molar-refractivity contribution in [3.63, 3.8) is 0 Å². The van der Waals surface area contributed by atoms with E-state index >= 15 is 0 Å². The summed E-state index contributed by atoms with van der Waals surface area (Å²) >= 11 is 13.2. The molecule has 3 rings (SSSR count). The van der Waals surface area contributed by atoms with Crippen LogP contribution in [0.5, 0.6) is 0 Å². The number of hydrogen-bond donors (Lipinski definition) is 1. The minimum Gasteiger partial charge on any atom is -0.298 e. The van der Waals surface area contributed by atoms with E-state index in [2.05, 4.69) is 22.2 Å². The lowest BCUT2D eigenvalue weighted by molar-refractivity contribution is 0.102. The predicted molar refractivity (Wildman–Crippen MR) is 85.5 cm³/mol. The van der Waals surface area contributed by atoms with Crippen LogP contribution in [0.4, 0.5) is 5.13 Å². The van der Waals surface area contributed by atoms with Crippen LogP contribution in [-0.4, -0.2) is 15.9 Å². The van der Waals surface area contributed by atoms with E-state index in [1.165, 1.54) is 17.1 Å². The van der Waals surface area contributed by atoms with E-state index in [0.717, 1.165) is 25.0 Å². The van der Waals surface area contributed by atoms with Crippen molar-refractivity contribution in [2.45, 2.75) is 26.2 Å². The SMILES string of the molecule is C[C@@H]1CCc2nc(NC(=O)c3cnc(Cl)c(Cl)c3)sc2C1. The molecule has 1 aliphatic rings. The molecule has 1 N–H and O–H groups in total. The topological polar surface area (TPSA) is 54.9 Å². The summed E-state index contributed by atoms with van der Waals surface area (Å²) in [4.78, 5) is 21.8. The quantitative estimate of drug-likeness (QED) is 0.832. The van der Waals surface area contributed by atoms with Crippen molar-refractivity contribution in [3.05, 3.63) is 38.6 Å². The van der Waals surface area contributed by atoms with Crippen molar-refractivity contribution in [1.29, 1.82) is 0 Å². The standard InChI is InChI=1S/C14H13Cl2N3OS/c1-7-2-3-10-11(4-7)21-14(18-10)19-13(20)8-5-9(15)12(16)17-6-8/h5-7H,2-4H2,1H3,(H,18,19,20)/t7-/m1/s1. The van der Waals surface area contributed by atoms with Gasteiger partial charge in [-0.3, -0.25) is 10.1 Å². The number of amides is 1. The van der Waals surface area contributed by atoms with Crippen LogP contribution in [0.2, 0.25) is 10.2 Å². The van der Waals surface area contributed by atoms with Crippen LogP contribution in [0.1, 0.15) is 34.3 Å². The molecule has 0 fully saturated rings. The lowest BCUT2D eigenvalue weighted by Gasteiger charge is -2.15. The number of rotatable bonds is 2. The van der Waals surface area contributed by atoms with Gasteiger partial charge in [0.25, 0.3) is 5.91 Å². The molecule has 2 aromatic heterocycles.